The topological polar surface area (TPSA) is 31.6 Å². The van der Waals surface area contributed by atoms with Gasteiger partial charge in [0, 0.05) is 25.2 Å². The third kappa shape index (κ3) is 3.81. The summed E-state index contributed by atoms with van der Waals surface area (Å²) in [7, 11) is 2.21. The van der Waals surface area contributed by atoms with Crippen LogP contribution in [0, 0.1) is 0 Å². The van der Waals surface area contributed by atoms with Crippen molar-refractivity contribution in [1.82, 2.24) is 15.1 Å². The molecule has 1 aliphatic heterocycles. The highest BCUT2D eigenvalue weighted by Gasteiger charge is 2.31. The Hall–Kier alpha value is -0.840. The van der Waals surface area contributed by atoms with Gasteiger partial charge in [-0.15, -0.1) is 0 Å². The van der Waals surface area contributed by atoms with E-state index in [1.807, 2.05) is 0 Å². The maximum atomic E-state index is 5.87. The molecular weight excluding hydrogens is 238 g/mol. The fourth-order valence-electron chi connectivity index (χ4n) is 2.55. The molecule has 4 heteroatoms. The van der Waals surface area contributed by atoms with Gasteiger partial charge in [0.15, 0.2) is 0 Å². The summed E-state index contributed by atoms with van der Waals surface area (Å²) in [5, 5.41) is 3.29. The summed E-state index contributed by atoms with van der Waals surface area (Å²) < 4.78 is 5.87. The fourth-order valence-corrected chi connectivity index (χ4v) is 2.55. The molecule has 2 rings (SSSR count). The number of furan rings is 1. The summed E-state index contributed by atoms with van der Waals surface area (Å²) in [6, 6.07) is 4.19. The molecule has 1 aromatic rings. The molecule has 0 saturated carbocycles. The Bertz CT molecular complexity index is 400. The lowest BCUT2D eigenvalue weighted by atomic mass is 10.00. The molecule has 1 saturated heterocycles. The molecule has 0 aliphatic carbocycles. The van der Waals surface area contributed by atoms with Crippen LogP contribution in [0.25, 0.3) is 0 Å². The largest absolute Gasteiger partial charge is 0.463 e. The van der Waals surface area contributed by atoms with Crippen LogP contribution >= 0.6 is 0 Å². The predicted octanol–water partition coefficient (Wildman–Crippen LogP) is 1.92. The minimum absolute atomic E-state index is 0.247. The van der Waals surface area contributed by atoms with E-state index in [9.17, 15) is 0 Å². The van der Waals surface area contributed by atoms with E-state index in [0.29, 0.717) is 0 Å². The summed E-state index contributed by atoms with van der Waals surface area (Å²) in [6.45, 7) is 12.8. The van der Waals surface area contributed by atoms with Crippen LogP contribution in [-0.4, -0.2) is 48.6 Å². The highest BCUT2D eigenvalue weighted by atomic mass is 16.3. The third-order valence-corrected chi connectivity index (χ3v) is 4.04. The van der Waals surface area contributed by atoms with Gasteiger partial charge >= 0.3 is 0 Å². The molecule has 0 unspecified atom stereocenters. The summed E-state index contributed by atoms with van der Waals surface area (Å²) in [4.78, 5) is 4.91. The molecule has 0 atom stereocenters. The average molecular weight is 265 g/mol. The van der Waals surface area contributed by atoms with E-state index in [0.717, 1.165) is 50.8 Å². The van der Waals surface area contributed by atoms with Crippen molar-refractivity contribution >= 4 is 0 Å². The minimum atomic E-state index is 0.247. The molecule has 0 bridgehead atoms. The molecule has 1 N–H and O–H groups in total. The molecule has 108 valence electrons. The highest BCUT2D eigenvalue weighted by Crippen LogP contribution is 2.21. The third-order valence-electron chi connectivity index (χ3n) is 4.04. The second kappa shape index (κ2) is 6.07. The standard InChI is InChI=1S/C15H27N3O/c1-5-16-10-13-6-7-14(19-13)11-18-9-8-17(4)15(2,3)12-18/h6-7,16H,5,8-12H2,1-4H3. The van der Waals surface area contributed by atoms with Crippen LogP contribution in [0.4, 0.5) is 0 Å². The Morgan fingerprint density at radius 2 is 2.00 bits per heavy atom. The van der Waals surface area contributed by atoms with Crippen LogP contribution < -0.4 is 5.32 Å². The van der Waals surface area contributed by atoms with Crippen LogP contribution in [0.2, 0.25) is 0 Å². The second-order valence-corrected chi connectivity index (χ2v) is 6.09. The first-order valence-corrected chi connectivity index (χ1v) is 7.23. The molecule has 0 amide bonds. The van der Waals surface area contributed by atoms with E-state index in [4.69, 9.17) is 4.42 Å². The quantitative estimate of drug-likeness (QED) is 0.881. The number of rotatable bonds is 5. The zero-order chi connectivity index (χ0) is 13.9. The maximum Gasteiger partial charge on any atom is 0.118 e. The number of nitrogens with one attached hydrogen (secondary N) is 1. The van der Waals surface area contributed by atoms with Crippen molar-refractivity contribution in [2.75, 3.05) is 33.2 Å². The van der Waals surface area contributed by atoms with E-state index < -0.39 is 0 Å². The number of nitrogens with zero attached hydrogens (tertiary/aromatic N) is 2. The highest BCUT2D eigenvalue weighted by molar-refractivity contribution is 5.07. The van der Waals surface area contributed by atoms with Gasteiger partial charge in [-0.1, -0.05) is 6.92 Å². The molecule has 1 aliphatic rings. The molecule has 2 heterocycles. The van der Waals surface area contributed by atoms with Crippen LogP contribution in [-0.2, 0) is 13.1 Å². The van der Waals surface area contributed by atoms with Crippen molar-refractivity contribution in [1.29, 1.82) is 0 Å². The summed E-state index contributed by atoms with van der Waals surface area (Å²) in [6.07, 6.45) is 0. The molecule has 0 aromatic carbocycles. The van der Waals surface area contributed by atoms with Gasteiger partial charge < -0.3 is 9.73 Å². The zero-order valence-electron chi connectivity index (χ0n) is 12.7. The van der Waals surface area contributed by atoms with Gasteiger partial charge in [0.2, 0.25) is 0 Å². The van der Waals surface area contributed by atoms with Crippen molar-refractivity contribution in [3.05, 3.63) is 23.7 Å². The monoisotopic (exact) mass is 265 g/mol. The Morgan fingerprint density at radius 3 is 2.68 bits per heavy atom. The van der Waals surface area contributed by atoms with Crippen molar-refractivity contribution in [3.63, 3.8) is 0 Å². The van der Waals surface area contributed by atoms with Gasteiger partial charge in [-0.25, -0.2) is 0 Å². The van der Waals surface area contributed by atoms with Gasteiger partial charge in [-0.2, -0.15) is 0 Å². The van der Waals surface area contributed by atoms with E-state index in [1.165, 1.54) is 0 Å². The van der Waals surface area contributed by atoms with Gasteiger partial charge in [-0.05, 0) is 39.6 Å². The molecule has 4 nitrogen and oxygen atoms in total. The maximum absolute atomic E-state index is 5.87. The first-order chi connectivity index (χ1) is 9.01. The molecule has 0 radical (unpaired) electrons. The first kappa shape index (κ1) is 14.6. The van der Waals surface area contributed by atoms with Gasteiger partial charge in [0.1, 0.15) is 11.5 Å². The zero-order valence-corrected chi connectivity index (χ0v) is 12.7. The number of hydrogen-bond acceptors (Lipinski definition) is 4. The van der Waals surface area contributed by atoms with Crippen molar-refractivity contribution < 1.29 is 4.42 Å². The number of hydrogen-bond donors (Lipinski definition) is 1. The Balaban J connectivity index is 1.89. The normalized spacial score (nSPS) is 20.8. The van der Waals surface area contributed by atoms with Gasteiger partial charge in [0.05, 0.1) is 13.1 Å². The minimum Gasteiger partial charge on any atom is -0.463 e. The lowest BCUT2D eigenvalue weighted by Crippen LogP contribution is -2.57. The van der Waals surface area contributed by atoms with E-state index in [1.54, 1.807) is 0 Å². The SMILES string of the molecule is CCNCc1ccc(CN2CCN(C)C(C)(C)C2)o1. The van der Waals surface area contributed by atoms with Crippen LogP contribution in [0.1, 0.15) is 32.3 Å². The summed E-state index contributed by atoms with van der Waals surface area (Å²) in [5.74, 6) is 2.11. The average Bonchev–Trinajstić information content (AvgIpc) is 2.78. The summed E-state index contributed by atoms with van der Waals surface area (Å²) >= 11 is 0. The Morgan fingerprint density at radius 1 is 1.26 bits per heavy atom. The molecule has 1 fully saturated rings. The van der Waals surface area contributed by atoms with E-state index >= 15 is 0 Å². The summed E-state index contributed by atoms with van der Waals surface area (Å²) in [5.41, 5.74) is 0.247. The molecule has 19 heavy (non-hydrogen) atoms. The van der Waals surface area contributed by atoms with E-state index in [2.05, 4.69) is 55.1 Å². The van der Waals surface area contributed by atoms with Crippen molar-refractivity contribution in [3.8, 4) is 0 Å². The lowest BCUT2D eigenvalue weighted by Gasteiger charge is -2.45. The van der Waals surface area contributed by atoms with Crippen LogP contribution in [0.5, 0.6) is 0 Å². The number of likely N-dealkylation sites (N-methyl/N-ethyl adjacent to an activating group) is 1. The second-order valence-electron chi connectivity index (χ2n) is 6.09. The predicted molar refractivity (Wildman–Crippen MR) is 78.1 cm³/mol. The smallest absolute Gasteiger partial charge is 0.118 e. The Labute approximate surface area is 116 Å². The molecular formula is C15H27N3O. The fraction of sp³-hybridized carbons (Fsp3) is 0.733. The van der Waals surface area contributed by atoms with Crippen molar-refractivity contribution in [2.24, 2.45) is 0 Å². The molecule has 1 aromatic heterocycles. The lowest BCUT2D eigenvalue weighted by molar-refractivity contribution is 0.0326. The first-order valence-electron chi connectivity index (χ1n) is 7.23. The number of piperazine rings is 1. The van der Waals surface area contributed by atoms with Crippen LogP contribution in [0.15, 0.2) is 16.5 Å². The van der Waals surface area contributed by atoms with Crippen molar-refractivity contribution in [2.45, 2.75) is 39.4 Å². The van der Waals surface area contributed by atoms with Crippen LogP contribution in [0.3, 0.4) is 0 Å². The molecule has 0 spiro atoms. The van der Waals surface area contributed by atoms with E-state index in [-0.39, 0.29) is 5.54 Å². The van der Waals surface area contributed by atoms with Gasteiger partial charge in [0.25, 0.3) is 0 Å². The Kier molecular flexibility index (Phi) is 4.66. The van der Waals surface area contributed by atoms with Gasteiger partial charge in [-0.3, -0.25) is 9.80 Å².